The second kappa shape index (κ2) is 8.45. The van der Waals surface area contributed by atoms with Crippen LogP contribution in [0.5, 0.6) is 0 Å². The van der Waals surface area contributed by atoms with Crippen molar-refractivity contribution in [2.75, 3.05) is 13.1 Å². The lowest BCUT2D eigenvalue weighted by molar-refractivity contribution is -0.126. The molecule has 1 aliphatic heterocycles. The first-order chi connectivity index (χ1) is 11.3. The van der Waals surface area contributed by atoms with Crippen LogP contribution in [-0.4, -0.2) is 37.8 Å². The van der Waals surface area contributed by atoms with Gasteiger partial charge in [0, 0.05) is 23.6 Å². The Hall–Kier alpha value is -0.920. The van der Waals surface area contributed by atoms with Crippen LogP contribution in [0.2, 0.25) is 0 Å². The molecule has 1 fully saturated rings. The number of nitrogens with one attached hydrogen (secondary N) is 1. The average molecular weight is 417 g/mol. The van der Waals surface area contributed by atoms with Crippen molar-refractivity contribution in [3.63, 3.8) is 0 Å². The number of halogens is 1. The van der Waals surface area contributed by atoms with Gasteiger partial charge < -0.3 is 5.32 Å². The summed E-state index contributed by atoms with van der Waals surface area (Å²) < 4.78 is 27.8. The second-order valence-corrected chi connectivity index (χ2v) is 9.21. The summed E-state index contributed by atoms with van der Waals surface area (Å²) in [7, 11) is -3.55. The highest BCUT2D eigenvalue weighted by molar-refractivity contribution is 9.10. The van der Waals surface area contributed by atoms with Gasteiger partial charge in [0.1, 0.15) is 0 Å². The lowest BCUT2D eigenvalue weighted by atomic mass is 9.98. The molecule has 2 rings (SSSR count). The molecule has 0 spiro atoms. The maximum absolute atomic E-state index is 12.8. The van der Waals surface area contributed by atoms with Crippen LogP contribution in [0.4, 0.5) is 0 Å². The quantitative estimate of drug-likeness (QED) is 0.774. The molecule has 1 aliphatic rings. The third-order valence-electron chi connectivity index (χ3n) is 4.32. The van der Waals surface area contributed by atoms with Crippen LogP contribution in [-0.2, 0) is 14.8 Å². The van der Waals surface area contributed by atoms with E-state index in [2.05, 4.69) is 28.2 Å². The van der Waals surface area contributed by atoms with Crippen molar-refractivity contribution in [2.45, 2.75) is 50.5 Å². The summed E-state index contributed by atoms with van der Waals surface area (Å²) in [5, 5.41) is 3.00. The van der Waals surface area contributed by atoms with Gasteiger partial charge in [-0.25, -0.2) is 8.42 Å². The molecule has 0 radical (unpaired) electrons. The lowest BCUT2D eigenvalue weighted by Gasteiger charge is -2.31. The largest absolute Gasteiger partial charge is 0.353 e. The van der Waals surface area contributed by atoms with E-state index in [-0.39, 0.29) is 29.3 Å². The molecule has 1 aromatic rings. The van der Waals surface area contributed by atoms with Gasteiger partial charge in [0.25, 0.3) is 0 Å². The van der Waals surface area contributed by atoms with E-state index in [0.29, 0.717) is 13.0 Å². The SMILES string of the molecule is CCC[C@@H](C)NC(=O)[C@@H]1CCCN(S(=O)(=O)c2ccc(Br)cc2)C1. The minimum absolute atomic E-state index is 0.0355. The summed E-state index contributed by atoms with van der Waals surface area (Å²) in [4.78, 5) is 12.7. The molecule has 5 nitrogen and oxygen atoms in total. The fourth-order valence-electron chi connectivity index (χ4n) is 3.00. The van der Waals surface area contributed by atoms with Gasteiger partial charge >= 0.3 is 0 Å². The predicted octanol–water partition coefficient (Wildman–Crippen LogP) is 3.15. The number of carbonyl (C=O) groups excluding carboxylic acids is 1. The maximum Gasteiger partial charge on any atom is 0.243 e. The number of sulfonamides is 1. The van der Waals surface area contributed by atoms with Crippen LogP contribution < -0.4 is 5.32 Å². The smallest absolute Gasteiger partial charge is 0.243 e. The van der Waals surface area contributed by atoms with Gasteiger partial charge in [-0.15, -0.1) is 0 Å². The summed E-state index contributed by atoms with van der Waals surface area (Å²) in [6.07, 6.45) is 3.38. The van der Waals surface area contributed by atoms with Crippen LogP contribution >= 0.6 is 15.9 Å². The Morgan fingerprint density at radius 1 is 1.38 bits per heavy atom. The number of benzene rings is 1. The van der Waals surface area contributed by atoms with Crippen LogP contribution in [0.3, 0.4) is 0 Å². The second-order valence-electron chi connectivity index (χ2n) is 6.35. The molecule has 1 N–H and O–H groups in total. The third kappa shape index (κ3) is 4.80. The number of rotatable bonds is 6. The number of carbonyl (C=O) groups is 1. The van der Waals surface area contributed by atoms with Gasteiger partial charge in [0.05, 0.1) is 10.8 Å². The summed E-state index contributed by atoms with van der Waals surface area (Å²) in [5.41, 5.74) is 0. The van der Waals surface area contributed by atoms with Crippen molar-refractivity contribution >= 4 is 31.9 Å². The molecule has 134 valence electrons. The zero-order valence-corrected chi connectivity index (χ0v) is 16.6. The van der Waals surface area contributed by atoms with Gasteiger partial charge in [0.2, 0.25) is 15.9 Å². The normalized spacial score (nSPS) is 20.5. The predicted molar refractivity (Wildman–Crippen MR) is 98.1 cm³/mol. The molecule has 1 aromatic carbocycles. The fourth-order valence-corrected chi connectivity index (χ4v) is 4.78. The zero-order chi connectivity index (χ0) is 17.7. The van der Waals surface area contributed by atoms with Gasteiger partial charge in [-0.1, -0.05) is 29.3 Å². The highest BCUT2D eigenvalue weighted by atomic mass is 79.9. The summed E-state index contributed by atoms with van der Waals surface area (Å²) in [6, 6.07) is 6.74. The minimum Gasteiger partial charge on any atom is -0.353 e. The van der Waals surface area contributed by atoms with Crippen molar-refractivity contribution in [3.05, 3.63) is 28.7 Å². The van der Waals surface area contributed by atoms with Gasteiger partial charge in [-0.3, -0.25) is 4.79 Å². The summed E-state index contributed by atoms with van der Waals surface area (Å²) >= 11 is 3.31. The highest BCUT2D eigenvalue weighted by Gasteiger charge is 2.33. The number of piperidine rings is 1. The zero-order valence-electron chi connectivity index (χ0n) is 14.2. The Kier molecular flexibility index (Phi) is 6.83. The molecule has 0 unspecified atom stereocenters. The lowest BCUT2D eigenvalue weighted by Crippen LogP contribution is -2.47. The van der Waals surface area contributed by atoms with Gasteiger partial charge in [0.15, 0.2) is 0 Å². The van der Waals surface area contributed by atoms with Crippen LogP contribution in [0.15, 0.2) is 33.6 Å². The first-order valence-electron chi connectivity index (χ1n) is 8.40. The monoisotopic (exact) mass is 416 g/mol. The van der Waals surface area contributed by atoms with E-state index in [1.165, 1.54) is 4.31 Å². The fraction of sp³-hybridized carbons (Fsp3) is 0.588. The maximum atomic E-state index is 12.8. The van der Waals surface area contributed by atoms with Gasteiger partial charge in [-0.2, -0.15) is 4.31 Å². The number of nitrogens with zero attached hydrogens (tertiary/aromatic N) is 1. The van der Waals surface area contributed by atoms with Crippen LogP contribution in [0.25, 0.3) is 0 Å². The first kappa shape index (κ1) is 19.4. The molecule has 0 bridgehead atoms. The topological polar surface area (TPSA) is 66.5 Å². The van der Waals surface area contributed by atoms with Crippen molar-refractivity contribution in [1.29, 1.82) is 0 Å². The standard InChI is InChI=1S/C17H25BrN2O3S/c1-3-5-13(2)19-17(21)14-6-4-11-20(12-14)24(22,23)16-9-7-15(18)8-10-16/h7-10,13-14H,3-6,11-12H2,1-2H3,(H,19,21)/t13-,14-/m1/s1. The molecule has 0 aliphatic carbocycles. The highest BCUT2D eigenvalue weighted by Crippen LogP contribution is 2.25. The van der Waals surface area contributed by atoms with E-state index >= 15 is 0 Å². The molecule has 2 atom stereocenters. The Morgan fingerprint density at radius 2 is 2.04 bits per heavy atom. The Morgan fingerprint density at radius 3 is 2.67 bits per heavy atom. The van der Waals surface area contributed by atoms with E-state index in [0.717, 1.165) is 23.7 Å². The molecule has 1 heterocycles. The van der Waals surface area contributed by atoms with Gasteiger partial charge in [-0.05, 0) is 50.5 Å². The Balaban J connectivity index is 2.07. The average Bonchev–Trinajstić information content (AvgIpc) is 2.55. The molecule has 1 saturated heterocycles. The molecule has 7 heteroatoms. The molecule has 0 saturated carbocycles. The summed E-state index contributed by atoms with van der Waals surface area (Å²) in [5.74, 6) is -0.310. The van der Waals surface area contributed by atoms with Crippen LogP contribution in [0, 0.1) is 5.92 Å². The molecule has 1 amide bonds. The molecular formula is C17H25BrN2O3S. The van der Waals surface area contributed by atoms with E-state index in [4.69, 9.17) is 0 Å². The number of hydrogen-bond acceptors (Lipinski definition) is 3. The van der Waals surface area contributed by atoms with E-state index in [9.17, 15) is 13.2 Å². The van der Waals surface area contributed by atoms with Crippen molar-refractivity contribution in [2.24, 2.45) is 5.92 Å². The van der Waals surface area contributed by atoms with Crippen molar-refractivity contribution in [3.8, 4) is 0 Å². The van der Waals surface area contributed by atoms with Crippen molar-refractivity contribution in [1.82, 2.24) is 9.62 Å². The number of amides is 1. The minimum atomic E-state index is -3.55. The molecular weight excluding hydrogens is 392 g/mol. The Bertz CT molecular complexity index is 661. The molecule has 24 heavy (non-hydrogen) atoms. The molecule has 0 aromatic heterocycles. The Labute approximate surface area is 153 Å². The number of hydrogen-bond donors (Lipinski definition) is 1. The van der Waals surface area contributed by atoms with Crippen LogP contribution in [0.1, 0.15) is 39.5 Å². The van der Waals surface area contributed by atoms with E-state index < -0.39 is 10.0 Å². The third-order valence-corrected chi connectivity index (χ3v) is 6.72. The van der Waals surface area contributed by atoms with E-state index in [1.54, 1.807) is 24.3 Å². The first-order valence-corrected chi connectivity index (χ1v) is 10.6. The summed E-state index contributed by atoms with van der Waals surface area (Å²) in [6.45, 7) is 4.78. The van der Waals surface area contributed by atoms with E-state index in [1.807, 2.05) is 6.92 Å². The van der Waals surface area contributed by atoms with Crippen molar-refractivity contribution < 1.29 is 13.2 Å².